The van der Waals surface area contributed by atoms with Gasteiger partial charge in [0.05, 0.1) is 4.47 Å². The van der Waals surface area contributed by atoms with E-state index in [9.17, 15) is 5.11 Å². The summed E-state index contributed by atoms with van der Waals surface area (Å²) in [7, 11) is 0. The molecule has 0 saturated carbocycles. The molecule has 10 heavy (non-hydrogen) atoms. The van der Waals surface area contributed by atoms with E-state index in [0.717, 1.165) is 22.9 Å². The number of halogens is 1. The van der Waals surface area contributed by atoms with Crippen LogP contribution in [0.2, 0.25) is 0 Å². The molecule has 0 aromatic heterocycles. The zero-order valence-electron chi connectivity index (χ0n) is 5.39. The zero-order chi connectivity index (χ0) is 7.14. The normalized spacial score (nSPS) is 14.1. The molecule has 0 heterocycles. The van der Waals surface area contributed by atoms with Crippen molar-refractivity contribution in [3.63, 3.8) is 0 Å². The number of hydrogen-bond acceptors (Lipinski definition) is 1. The number of benzene rings is 1. The summed E-state index contributed by atoms with van der Waals surface area (Å²) in [4.78, 5) is 0. The van der Waals surface area contributed by atoms with Gasteiger partial charge < -0.3 is 5.11 Å². The van der Waals surface area contributed by atoms with E-state index in [-0.39, 0.29) is 0 Å². The fraction of sp³-hybridized carbons (Fsp3) is 0.250. The highest BCUT2D eigenvalue weighted by molar-refractivity contribution is 9.10. The Morgan fingerprint density at radius 2 is 2.10 bits per heavy atom. The van der Waals surface area contributed by atoms with Gasteiger partial charge in [0.25, 0.3) is 0 Å². The van der Waals surface area contributed by atoms with Gasteiger partial charge in [-0.1, -0.05) is 6.07 Å². The van der Waals surface area contributed by atoms with Crippen LogP contribution < -0.4 is 0 Å². The van der Waals surface area contributed by atoms with Crippen LogP contribution in [0, 0.1) is 0 Å². The second-order valence-electron chi connectivity index (χ2n) is 2.53. The first-order valence-corrected chi connectivity index (χ1v) is 4.07. The molecule has 0 aliphatic heterocycles. The molecule has 1 aromatic rings. The highest BCUT2D eigenvalue weighted by atomic mass is 79.9. The molecule has 52 valence electrons. The Bertz CT molecular complexity index is 266. The molecule has 2 rings (SSSR count). The topological polar surface area (TPSA) is 20.2 Å². The molecule has 0 amide bonds. The Kier molecular flexibility index (Phi) is 1.24. The number of phenols is 1. The molecule has 0 spiro atoms. The summed E-state index contributed by atoms with van der Waals surface area (Å²) < 4.78 is 0.811. The average Bonchev–Trinajstić information content (AvgIpc) is 1.82. The number of fused-ring (bicyclic) bond motifs is 1. The fourth-order valence-corrected chi connectivity index (χ4v) is 1.62. The summed E-state index contributed by atoms with van der Waals surface area (Å²) in [6, 6.07) is 3.95. The molecule has 0 radical (unpaired) electrons. The van der Waals surface area contributed by atoms with Crippen LogP contribution in [0.4, 0.5) is 0 Å². The van der Waals surface area contributed by atoms with Gasteiger partial charge in [0.2, 0.25) is 0 Å². The van der Waals surface area contributed by atoms with Gasteiger partial charge in [-0.25, -0.2) is 0 Å². The van der Waals surface area contributed by atoms with E-state index in [0.29, 0.717) is 5.75 Å². The average molecular weight is 199 g/mol. The molecule has 0 unspecified atom stereocenters. The summed E-state index contributed by atoms with van der Waals surface area (Å²) in [5.74, 6) is 0.434. The van der Waals surface area contributed by atoms with Crippen molar-refractivity contribution >= 4 is 15.9 Å². The maximum Gasteiger partial charge on any atom is 0.133 e. The van der Waals surface area contributed by atoms with Crippen LogP contribution in [0.5, 0.6) is 5.75 Å². The van der Waals surface area contributed by atoms with E-state index >= 15 is 0 Å². The van der Waals surface area contributed by atoms with Gasteiger partial charge in [0, 0.05) is 0 Å². The Morgan fingerprint density at radius 3 is 2.60 bits per heavy atom. The molecule has 1 N–H and O–H groups in total. The van der Waals surface area contributed by atoms with E-state index in [1.807, 2.05) is 6.07 Å². The third kappa shape index (κ3) is 0.686. The minimum absolute atomic E-state index is 0.434. The predicted octanol–water partition coefficient (Wildman–Crippen LogP) is 2.25. The van der Waals surface area contributed by atoms with Gasteiger partial charge in [0.1, 0.15) is 5.75 Å². The molecule has 1 aromatic carbocycles. The monoisotopic (exact) mass is 198 g/mol. The third-order valence-electron chi connectivity index (χ3n) is 1.97. The molecule has 1 aliphatic carbocycles. The largest absolute Gasteiger partial charge is 0.506 e. The van der Waals surface area contributed by atoms with E-state index < -0.39 is 0 Å². The second kappa shape index (κ2) is 1.99. The Balaban J connectivity index is 2.66. The minimum Gasteiger partial charge on any atom is -0.506 e. The summed E-state index contributed by atoms with van der Waals surface area (Å²) >= 11 is 3.26. The third-order valence-corrected chi connectivity index (χ3v) is 2.61. The Hall–Kier alpha value is -0.500. The van der Waals surface area contributed by atoms with E-state index in [2.05, 4.69) is 22.0 Å². The maximum atomic E-state index is 9.39. The van der Waals surface area contributed by atoms with Crippen molar-refractivity contribution < 1.29 is 5.11 Å². The van der Waals surface area contributed by atoms with Crippen LogP contribution in [-0.4, -0.2) is 5.11 Å². The molecule has 0 fully saturated rings. The van der Waals surface area contributed by atoms with Crippen LogP contribution in [0.1, 0.15) is 11.1 Å². The standard InChI is InChI=1S/C8H7BrO/c9-7-4-2-5-1-3-6(5)8(7)10/h2,4,10H,1,3H2. The van der Waals surface area contributed by atoms with Crippen molar-refractivity contribution in [2.45, 2.75) is 12.8 Å². The smallest absolute Gasteiger partial charge is 0.133 e. The number of aromatic hydroxyl groups is 1. The molecule has 0 bridgehead atoms. The summed E-state index contributed by atoms with van der Waals surface area (Å²) in [5, 5.41) is 9.39. The first kappa shape index (κ1) is 6.23. The van der Waals surface area contributed by atoms with Crippen molar-refractivity contribution in [2.24, 2.45) is 0 Å². The number of rotatable bonds is 0. The first-order valence-electron chi connectivity index (χ1n) is 3.28. The quantitative estimate of drug-likeness (QED) is 0.679. The van der Waals surface area contributed by atoms with Crippen LogP contribution in [-0.2, 0) is 12.8 Å². The summed E-state index contributed by atoms with van der Waals surface area (Å²) in [6.07, 6.45) is 2.15. The maximum absolute atomic E-state index is 9.39. The van der Waals surface area contributed by atoms with E-state index in [4.69, 9.17) is 0 Å². The SMILES string of the molecule is Oc1c(Br)ccc2c1CC2. The van der Waals surface area contributed by atoms with Gasteiger partial charge in [-0.05, 0) is 46.0 Å². The van der Waals surface area contributed by atoms with Gasteiger partial charge in [-0.3, -0.25) is 0 Å². The Morgan fingerprint density at radius 1 is 1.30 bits per heavy atom. The fourth-order valence-electron chi connectivity index (χ4n) is 1.25. The lowest BCUT2D eigenvalue weighted by atomic mass is 9.88. The number of aryl methyl sites for hydroxylation is 1. The van der Waals surface area contributed by atoms with Crippen LogP contribution in [0.25, 0.3) is 0 Å². The Labute approximate surface area is 67.8 Å². The molecule has 0 saturated heterocycles. The van der Waals surface area contributed by atoms with Gasteiger partial charge in [-0.2, -0.15) is 0 Å². The lowest BCUT2D eigenvalue weighted by Gasteiger charge is -2.19. The van der Waals surface area contributed by atoms with Crippen molar-refractivity contribution in [1.82, 2.24) is 0 Å². The van der Waals surface area contributed by atoms with Crippen LogP contribution in [0.3, 0.4) is 0 Å². The van der Waals surface area contributed by atoms with Crippen molar-refractivity contribution in [1.29, 1.82) is 0 Å². The van der Waals surface area contributed by atoms with Crippen LogP contribution >= 0.6 is 15.9 Å². The first-order chi connectivity index (χ1) is 4.79. The molecule has 1 aliphatic rings. The predicted molar refractivity (Wildman–Crippen MR) is 43.2 cm³/mol. The van der Waals surface area contributed by atoms with Gasteiger partial charge >= 0.3 is 0 Å². The highest BCUT2D eigenvalue weighted by Crippen LogP contribution is 2.36. The zero-order valence-corrected chi connectivity index (χ0v) is 6.98. The molecular weight excluding hydrogens is 192 g/mol. The van der Waals surface area contributed by atoms with Gasteiger partial charge in [-0.15, -0.1) is 0 Å². The molecule has 2 heteroatoms. The van der Waals surface area contributed by atoms with Crippen molar-refractivity contribution in [2.75, 3.05) is 0 Å². The highest BCUT2D eigenvalue weighted by Gasteiger charge is 2.17. The minimum atomic E-state index is 0.434. The van der Waals surface area contributed by atoms with Gasteiger partial charge in [0.15, 0.2) is 0 Å². The van der Waals surface area contributed by atoms with E-state index in [1.54, 1.807) is 0 Å². The molecule has 0 atom stereocenters. The lowest BCUT2D eigenvalue weighted by molar-refractivity contribution is 0.458. The number of phenolic OH excluding ortho intramolecular Hbond substituents is 1. The second-order valence-corrected chi connectivity index (χ2v) is 3.39. The van der Waals surface area contributed by atoms with E-state index in [1.165, 1.54) is 5.56 Å². The summed E-state index contributed by atoms with van der Waals surface area (Å²) in [6.45, 7) is 0. The molecular formula is C8H7BrO. The number of hydrogen-bond donors (Lipinski definition) is 1. The summed E-state index contributed by atoms with van der Waals surface area (Å²) in [5.41, 5.74) is 2.41. The molecule has 1 nitrogen and oxygen atoms in total. The van der Waals surface area contributed by atoms with Crippen molar-refractivity contribution in [3.8, 4) is 5.75 Å². The van der Waals surface area contributed by atoms with Crippen molar-refractivity contribution in [3.05, 3.63) is 27.7 Å². The lowest BCUT2D eigenvalue weighted by Crippen LogP contribution is -2.07. The van der Waals surface area contributed by atoms with Crippen LogP contribution in [0.15, 0.2) is 16.6 Å².